The van der Waals surface area contributed by atoms with Crippen molar-refractivity contribution in [2.45, 2.75) is 46.5 Å². The second-order valence-electron chi connectivity index (χ2n) is 5.00. The molecule has 0 heterocycles. The van der Waals surface area contributed by atoms with Gasteiger partial charge in [0, 0.05) is 12.2 Å². The van der Waals surface area contributed by atoms with Gasteiger partial charge in [0.2, 0.25) is 0 Å². The summed E-state index contributed by atoms with van der Waals surface area (Å²) in [6, 6.07) is 10.0. The Labute approximate surface area is 122 Å². The van der Waals surface area contributed by atoms with Crippen molar-refractivity contribution in [1.82, 2.24) is 0 Å². The Morgan fingerprint density at radius 3 is 2.15 bits per heavy atom. The van der Waals surface area contributed by atoms with Crippen LogP contribution < -0.4 is 0 Å². The smallest absolute Gasteiger partial charge is 0.398 e. The largest absolute Gasteiger partial charge is 0.550 e. The average molecular weight is 274 g/mol. The SMILES string of the molecule is CC(C)OB(C#CCOCc1ccccc1)OC(C)C. The molecule has 0 aliphatic carbocycles. The van der Waals surface area contributed by atoms with Crippen LogP contribution in [0, 0.1) is 11.7 Å². The Balaban J connectivity index is 2.33. The van der Waals surface area contributed by atoms with E-state index in [-0.39, 0.29) is 12.2 Å². The van der Waals surface area contributed by atoms with E-state index in [1.54, 1.807) is 0 Å². The summed E-state index contributed by atoms with van der Waals surface area (Å²) in [4.78, 5) is 0. The van der Waals surface area contributed by atoms with Crippen molar-refractivity contribution in [3.05, 3.63) is 35.9 Å². The number of hydrogen-bond donors (Lipinski definition) is 0. The zero-order chi connectivity index (χ0) is 14.8. The molecule has 0 saturated heterocycles. The van der Waals surface area contributed by atoms with E-state index in [2.05, 4.69) is 11.7 Å². The van der Waals surface area contributed by atoms with Crippen LogP contribution in [0.2, 0.25) is 0 Å². The lowest BCUT2D eigenvalue weighted by molar-refractivity contribution is 0.139. The lowest BCUT2D eigenvalue weighted by atomic mass is 9.90. The predicted octanol–water partition coefficient (Wildman–Crippen LogP) is 3.08. The molecule has 0 unspecified atom stereocenters. The first-order valence-corrected chi connectivity index (χ1v) is 6.99. The third kappa shape index (κ3) is 8.01. The molecule has 3 nitrogen and oxygen atoms in total. The van der Waals surface area contributed by atoms with Gasteiger partial charge in [-0.3, -0.25) is 0 Å². The molecule has 1 aromatic carbocycles. The maximum atomic E-state index is 5.57. The van der Waals surface area contributed by atoms with Crippen LogP contribution in [-0.4, -0.2) is 25.9 Å². The lowest BCUT2D eigenvalue weighted by Gasteiger charge is -2.14. The summed E-state index contributed by atoms with van der Waals surface area (Å²) in [5, 5.41) is 0. The summed E-state index contributed by atoms with van der Waals surface area (Å²) in [6.07, 6.45) is 0.163. The highest BCUT2D eigenvalue weighted by atomic mass is 16.6. The van der Waals surface area contributed by atoms with Crippen LogP contribution in [0.5, 0.6) is 0 Å². The minimum Gasteiger partial charge on any atom is -0.398 e. The van der Waals surface area contributed by atoms with Crippen molar-refractivity contribution in [3.63, 3.8) is 0 Å². The fourth-order valence-electron chi connectivity index (χ4n) is 1.51. The summed E-state index contributed by atoms with van der Waals surface area (Å²) in [5.41, 5.74) is 1.14. The van der Waals surface area contributed by atoms with Gasteiger partial charge in [-0.1, -0.05) is 42.1 Å². The van der Waals surface area contributed by atoms with Gasteiger partial charge in [-0.25, -0.2) is 0 Å². The van der Waals surface area contributed by atoms with Crippen molar-refractivity contribution in [2.24, 2.45) is 0 Å². The van der Waals surface area contributed by atoms with E-state index < -0.39 is 7.12 Å². The Bertz CT molecular complexity index is 410. The van der Waals surface area contributed by atoms with E-state index in [9.17, 15) is 0 Å². The third-order valence-corrected chi connectivity index (χ3v) is 2.30. The molecule has 0 atom stereocenters. The maximum Gasteiger partial charge on any atom is 0.550 e. The molecule has 0 saturated carbocycles. The van der Waals surface area contributed by atoms with Crippen molar-refractivity contribution >= 4 is 7.12 Å². The van der Waals surface area contributed by atoms with E-state index in [0.717, 1.165) is 5.56 Å². The quantitative estimate of drug-likeness (QED) is 0.434. The molecule has 0 aromatic heterocycles. The van der Waals surface area contributed by atoms with Gasteiger partial charge in [-0.15, -0.1) is 0 Å². The summed E-state index contributed by atoms with van der Waals surface area (Å²) in [5.74, 6) is 5.89. The summed E-state index contributed by atoms with van der Waals surface area (Å²) in [6.45, 7) is 8.79. The van der Waals surface area contributed by atoms with Crippen LogP contribution in [0.1, 0.15) is 33.3 Å². The molecule has 0 aliphatic rings. The first-order chi connectivity index (χ1) is 9.58. The van der Waals surface area contributed by atoms with E-state index in [1.165, 1.54) is 0 Å². The summed E-state index contributed by atoms with van der Waals surface area (Å²) >= 11 is 0. The van der Waals surface area contributed by atoms with Crippen molar-refractivity contribution in [1.29, 1.82) is 0 Å². The van der Waals surface area contributed by atoms with Crippen molar-refractivity contribution in [2.75, 3.05) is 6.61 Å². The Hall–Kier alpha value is -1.28. The molecule has 4 heteroatoms. The minimum absolute atomic E-state index is 0.0817. The molecular weight excluding hydrogens is 251 g/mol. The van der Waals surface area contributed by atoms with E-state index >= 15 is 0 Å². The van der Waals surface area contributed by atoms with Gasteiger partial charge < -0.3 is 14.0 Å². The van der Waals surface area contributed by atoms with Gasteiger partial charge in [0.15, 0.2) is 0 Å². The topological polar surface area (TPSA) is 27.7 Å². The first-order valence-electron chi connectivity index (χ1n) is 6.99. The minimum atomic E-state index is -0.490. The van der Waals surface area contributed by atoms with Gasteiger partial charge in [-0.2, -0.15) is 0 Å². The molecule has 0 spiro atoms. The van der Waals surface area contributed by atoms with E-state index in [4.69, 9.17) is 14.0 Å². The molecule has 0 aliphatic heterocycles. The van der Waals surface area contributed by atoms with Crippen LogP contribution in [0.15, 0.2) is 30.3 Å². The molecule has 0 fully saturated rings. The standard InChI is InChI=1S/C16H23BO3/c1-14(2)19-17(20-15(3)4)11-8-12-18-13-16-9-6-5-7-10-16/h5-7,9-10,14-15H,12-13H2,1-4H3. The fourth-order valence-corrected chi connectivity index (χ4v) is 1.51. The van der Waals surface area contributed by atoms with Gasteiger partial charge in [0.1, 0.15) is 6.61 Å². The second kappa shape index (κ2) is 9.60. The molecular formula is C16H23BO3. The van der Waals surface area contributed by atoms with Gasteiger partial charge >= 0.3 is 7.12 Å². The molecule has 1 rings (SSSR count). The molecule has 20 heavy (non-hydrogen) atoms. The Morgan fingerprint density at radius 2 is 1.60 bits per heavy atom. The zero-order valence-corrected chi connectivity index (χ0v) is 12.8. The molecule has 108 valence electrons. The predicted molar refractivity (Wildman–Crippen MR) is 82.1 cm³/mol. The van der Waals surface area contributed by atoms with Gasteiger partial charge in [0.25, 0.3) is 0 Å². The van der Waals surface area contributed by atoms with Crippen LogP contribution in [0.25, 0.3) is 0 Å². The van der Waals surface area contributed by atoms with Crippen molar-refractivity contribution < 1.29 is 14.0 Å². The van der Waals surface area contributed by atoms with Crippen LogP contribution in [0.3, 0.4) is 0 Å². The Morgan fingerprint density at radius 1 is 1.00 bits per heavy atom. The highest BCUT2D eigenvalue weighted by Crippen LogP contribution is 2.01. The second-order valence-corrected chi connectivity index (χ2v) is 5.00. The Kier molecular flexibility index (Phi) is 8.05. The van der Waals surface area contributed by atoms with Crippen molar-refractivity contribution in [3.8, 4) is 11.7 Å². The van der Waals surface area contributed by atoms with Crippen LogP contribution in [0.4, 0.5) is 0 Å². The van der Waals surface area contributed by atoms with E-state index in [0.29, 0.717) is 13.2 Å². The van der Waals surface area contributed by atoms with Crippen LogP contribution in [-0.2, 0) is 20.7 Å². The molecule has 1 aromatic rings. The van der Waals surface area contributed by atoms with Gasteiger partial charge in [-0.05, 0) is 33.3 Å². The average Bonchev–Trinajstić information content (AvgIpc) is 2.38. The van der Waals surface area contributed by atoms with Crippen LogP contribution >= 0.6 is 0 Å². The monoisotopic (exact) mass is 274 g/mol. The lowest BCUT2D eigenvalue weighted by Crippen LogP contribution is -2.28. The molecule has 0 radical (unpaired) electrons. The molecule has 0 N–H and O–H groups in total. The number of rotatable bonds is 7. The zero-order valence-electron chi connectivity index (χ0n) is 12.8. The first kappa shape index (κ1) is 16.8. The normalized spacial score (nSPS) is 10.5. The third-order valence-electron chi connectivity index (χ3n) is 2.30. The van der Waals surface area contributed by atoms with E-state index in [1.807, 2.05) is 58.0 Å². The number of hydrogen-bond acceptors (Lipinski definition) is 3. The highest BCUT2D eigenvalue weighted by molar-refractivity contribution is 6.54. The highest BCUT2D eigenvalue weighted by Gasteiger charge is 2.18. The number of ether oxygens (including phenoxy) is 1. The summed E-state index contributed by atoms with van der Waals surface area (Å²) < 4.78 is 16.6. The van der Waals surface area contributed by atoms with Gasteiger partial charge in [0.05, 0.1) is 6.61 Å². The molecule has 0 amide bonds. The maximum absolute atomic E-state index is 5.57. The summed E-state index contributed by atoms with van der Waals surface area (Å²) in [7, 11) is -0.490. The molecule has 0 bridgehead atoms. The number of benzene rings is 1. The fraction of sp³-hybridized carbons (Fsp3) is 0.500.